The summed E-state index contributed by atoms with van der Waals surface area (Å²) in [4.78, 5) is 6.45. The molecule has 9 aromatic rings. The van der Waals surface area contributed by atoms with Crippen molar-refractivity contribution in [2.45, 2.75) is 5.66 Å². The molecule has 208 valence electrons. The molecule has 0 radical (unpaired) electrons. The highest BCUT2D eigenvalue weighted by Gasteiger charge is 2.70. The van der Waals surface area contributed by atoms with Crippen LogP contribution in [0.4, 0.5) is 0 Å². The first-order valence-corrected chi connectivity index (χ1v) is 15.0. The van der Waals surface area contributed by atoms with E-state index >= 15 is 0 Å². The van der Waals surface area contributed by atoms with Gasteiger partial charge in [0, 0.05) is 50.7 Å². The van der Waals surface area contributed by atoms with Crippen LogP contribution in [0.25, 0.3) is 66.5 Å². The summed E-state index contributed by atoms with van der Waals surface area (Å²) in [6.07, 6.45) is 7.92. The van der Waals surface area contributed by atoms with Gasteiger partial charge in [0.1, 0.15) is 40.1 Å². The van der Waals surface area contributed by atoms with E-state index in [1.165, 1.54) is 10.8 Å². The smallest absolute Gasteiger partial charge is 0.423 e. The Morgan fingerprint density at radius 1 is 0.733 bits per heavy atom. The Morgan fingerprint density at radius 3 is 2.64 bits per heavy atom. The van der Waals surface area contributed by atoms with Gasteiger partial charge in [0.2, 0.25) is 0 Å². The van der Waals surface area contributed by atoms with Crippen LogP contribution in [-0.2, 0) is 5.66 Å². The quantitative estimate of drug-likeness (QED) is 0.207. The topological polar surface area (TPSA) is 65.8 Å². The zero-order chi connectivity index (χ0) is 29.0. The highest BCUT2D eigenvalue weighted by atomic mass is 16.5. The predicted octanol–water partition coefficient (Wildman–Crippen LogP) is 6.54. The highest BCUT2D eigenvalue weighted by Crippen LogP contribution is 2.54. The van der Waals surface area contributed by atoms with Gasteiger partial charge in [-0.05, 0) is 60.7 Å². The summed E-state index contributed by atoms with van der Waals surface area (Å²) in [7, 11) is 0. The molecule has 12 rings (SSSR count). The Balaban J connectivity index is 1.22. The SMILES string of the molecule is c1cc2c3c(c1)-n1cc(-c4ccc5c(c4)oc4ccncc45)n[n+]1C31c3c(ccc4c5ccccc5n(c34)-c3cccc[n+]31)O2. The second-order valence-corrected chi connectivity index (χ2v) is 12.0. The highest BCUT2D eigenvalue weighted by molar-refractivity contribution is 6.11. The summed E-state index contributed by atoms with van der Waals surface area (Å²) in [5.74, 6) is 2.74. The molecule has 1 spiro atoms. The van der Waals surface area contributed by atoms with Crippen LogP contribution in [0.3, 0.4) is 0 Å². The summed E-state index contributed by atoms with van der Waals surface area (Å²) in [5.41, 5.74) is 8.17. The molecule has 8 heteroatoms. The molecule has 0 bridgehead atoms. The predicted molar refractivity (Wildman–Crippen MR) is 167 cm³/mol. The molecular formula is C37H20N6O2+2. The third kappa shape index (κ3) is 2.36. The number of nitrogens with zero attached hydrogens (tertiary/aromatic N) is 6. The van der Waals surface area contributed by atoms with E-state index in [1.807, 2.05) is 12.3 Å². The van der Waals surface area contributed by atoms with E-state index in [2.05, 4.69) is 127 Å². The van der Waals surface area contributed by atoms with E-state index < -0.39 is 5.66 Å². The largest absolute Gasteiger partial charge is 0.456 e. The Hall–Kier alpha value is -6.28. The van der Waals surface area contributed by atoms with Crippen molar-refractivity contribution in [3.63, 3.8) is 0 Å². The molecule has 1 unspecified atom stereocenters. The van der Waals surface area contributed by atoms with Crippen molar-refractivity contribution in [3.05, 3.63) is 133 Å². The molecule has 8 nitrogen and oxygen atoms in total. The van der Waals surface area contributed by atoms with Gasteiger partial charge >= 0.3 is 5.66 Å². The van der Waals surface area contributed by atoms with E-state index in [4.69, 9.17) is 14.3 Å². The first-order chi connectivity index (χ1) is 22.3. The summed E-state index contributed by atoms with van der Waals surface area (Å²) in [6, 6.07) is 33.9. The van der Waals surface area contributed by atoms with E-state index in [-0.39, 0.29) is 0 Å². The molecule has 0 amide bonds. The van der Waals surface area contributed by atoms with Gasteiger partial charge in [-0.25, -0.2) is 0 Å². The molecule has 0 aliphatic carbocycles. The number of para-hydroxylation sites is 1. The van der Waals surface area contributed by atoms with Gasteiger partial charge < -0.3 is 9.15 Å². The van der Waals surface area contributed by atoms with Gasteiger partial charge in [-0.3, -0.25) is 4.98 Å². The number of aromatic nitrogens is 6. The Bertz CT molecular complexity index is 2820. The van der Waals surface area contributed by atoms with Gasteiger partial charge in [-0.15, -0.1) is 0 Å². The average molecular weight is 581 g/mol. The maximum Gasteiger partial charge on any atom is 0.423 e. The number of ether oxygens (including phenoxy) is 1. The second-order valence-electron chi connectivity index (χ2n) is 12.0. The molecule has 0 N–H and O–H groups in total. The minimum absolute atomic E-state index is 0.812. The fourth-order valence-electron chi connectivity index (χ4n) is 8.17. The number of hydrogen-bond donors (Lipinski definition) is 0. The molecule has 0 saturated heterocycles. The maximum absolute atomic E-state index is 6.74. The van der Waals surface area contributed by atoms with E-state index in [1.54, 1.807) is 6.20 Å². The van der Waals surface area contributed by atoms with Crippen molar-refractivity contribution in [2.24, 2.45) is 0 Å². The zero-order valence-corrected chi connectivity index (χ0v) is 23.5. The van der Waals surface area contributed by atoms with Crippen molar-refractivity contribution in [1.82, 2.24) is 19.3 Å². The summed E-state index contributed by atoms with van der Waals surface area (Å²) < 4.78 is 19.9. The molecule has 3 aliphatic heterocycles. The van der Waals surface area contributed by atoms with Gasteiger partial charge in [0.05, 0.1) is 11.0 Å². The number of pyridine rings is 2. The number of hydrogen-bond acceptors (Lipinski definition) is 4. The van der Waals surface area contributed by atoms with Gasteiger partial charge in [-0.1, -0.05) is 35.0 Å². The Morgan fingerprint density at radius 2 is 1.64 bits per heavy atom. The lowest BCUT2D eigenvalue weighted by Crippen LogP contribution is -2.77. The fraction of sp³-hybridized carbons (Fsp3) is 0.0270. The first kappa shape index (κ1) is 22.3. The lowest BCUT2D eigenvalue weighted by Gasteiger charge is -2.31. The minimum Gasteiger partial charge on any atom is -0.456 e. The molecule has 1 atom stereocenters. The number of furan rings is 1. The molecule has 45 heavy (non-hydrogen) atoms. The lowest BCUT2D eigenvalue weighted by molar-refractivity contribution is -1.02. The monoisotopic (exact) mass is 580 g/mol. The van der Waals surface area contributed by atoms with Crippen LogP contribution >= 0.6 is 0 Å². The van der Waals surface area contributed by atoms with Crippen LogP contribution in [0.1, 0.15) is 11.1 Å². The Labute approximate surface area is 254 Å². The van der Waals surface area contributed by atoms with Crippen LogP contribution in [0.5, 0.6) is 11.5 Å². The molecule has 5 aromatic heterocycles. The van der Waals surface area contributed by atoms with Gasteiger partial charge in [0.25, 0.3) is 5.82 Å². The van der Waals surface area contributed by atoms with Crippen molar-refractivity contribution < 1.29 is 18.5 Å². The van der Waals surface area contributed by atoms with Crippen LogP contribution in [0.2, 0.25) is 0 Å². The van der Waals surface area contributed by atoms with Crippen molar-refractivity contribution in [1.29, 1.82) is 0 Å². The van der Waals surface area contributed by atoms with Crippen molar-refractivity contribution in [2.75, 3.05) is 0 Å². The van der Waals surface area contributed by atoms with Crippen LogP contribution < -0.4 is 14.1 Å². The molecule has 4 aromatic carbocycles. The van der Waals surface area contributed by atoms with Crippen LogP contribution in [-0.4, -0.2) is 19.3 Å². The summed E-state index contributed by atoms with van der Waals surface area (Å²) >= 11 is 0. The molecule has 3 aliphatic rings. The molecule has 0 saturated carbocycles. The normalized spacial score (nSPS) is 16.7. The third-order valence-electron chi connectivity index (χ3n) is 9.89. The van der Waals surface area contributed by atoms with Crippen LogP contribution in [0, 0.1) is 0 Å². The van der Waals surface area contributed by atoms with Crippen molar-refractivity contribution >= 4 is 43.7 Å². The van der Waals surface area contributed by atoms with Gasteiger partial charge in [-0.2, -0.15) is 9.13 Å². The minimum atomic E-state index is -0.812. The Kier molecular flexibility index (Phi) is 3.59. The maximum atomic E-state index is 6.74. The standard InChI is InChI=1S/C37H20N6O2/c1-2-7-27-22(6-1)24-13-14-31-35-36(24)42(27)33-10-3-4-17-40(33)37(35)34-28(8-5-9-30(34)45-31)41-20-26(39-43(37)41)21-11-12-23-25-19-38-16-15-29(25)44-32(23)18-21/h1-20H/q+2. The zero-order valence-electron chi connectivity index (χ0n) is 23.5. The average Bonchev–Trinajstić information content (AvgIpc) is 3.84. The third-order valence-corrected chi connectivity index (χ3v) is 9.89. The number of fused-ring (bicyclic) bond motifs is 10. The second kappa shape index (κ2) is 7.26. The molecule has 0 fully saturated rings. The van der Waals surface area contributed by atoms with E-state index in [0.29, 0.717) is 0 Å². The van der Waals surface area contributed by atoms with Crippen molar-refractivity contribution in [3.8, 4) is 34.3 Å². The number of rotatable bonds is 1. The van der Waals surface area contributed by atoms with Crippen LogP contribution in [0.15, 0.2) is 126 Å². The number of benzene rings is 4. The van der Waals surface area contributed by atoms with Gasteiger partial charge in [0.15, 0.2) is 22.3 Å². The fourth-order valence-corrected chi connectivity index (χ4v) is 8.17. The molecule has 8 heterocycles. The van der Waals surface area contributed by atoms with E-state index in [9.17, 15) is 0 Å². The lowest BCUT2D eigenvalue weighted by atomic mass is 9.84. The molecular weight excluding hydrogens is 560 g/mol. The first-order valence-electron chi connectivity index (χ1n) is 15.0. The van der Waals surface area contributed by atoms with E-state index in [0.717, 1.165) is 78.4 Å². The summed E-state index contributed by atoms with van der Waals surface area (Å²) in [5, 5.41) is 9.89. The summed E-state index contributed by atoms with van der Waals surface area (Å²) in [6.45, 7) is 0.